The molecule has 0 aliphatic carbocycles. The number of hydrogen-bond donors (Lipinski definition) is 1. The van der Waals surface area contributed by atoms with Gasteiger partial charge in [-0.3, -0.25) is 0 Å². The lowest BCUT2D eigenvalue weighted by Crippen LogP contribution is -2.53. The Morgan fingerprint density at radius 3 is 2.61 bits per heavy atom. The highest BCUT2D eigenvalue weighted by atomic mass is 15.2. The average Bonchev–Trinajstić information content (AvgIpc) is 2.38. The maximum atomic E-state index is 3.70. The minimum atomic E-state index is 0.403. The summed E-state index contributed by atoms with van der Waals surface area (Å²) in [6.45, 7) is 10.4. The molecule has 100 valence electrons. The topological polar surface area (TPSA) is 15.3 Å². The third kappa shape index (κ3) is 3.05. The van der Waals surface area contributed by atoms with Crippen LogP contribution in [0.4, 0.5) is 5.69 Å². The summed E-state index contributed by atoms with van der Waals surface area (Å²) in [6.07, 6.45) is 2.64. The van der Waals surface area contributed by atoms with E-state index in [1.165, 1.54) is 25.1 Å². The fourth-order valence-corrected chi connectivity index (χ4v) is 2.86. The number of anilines is 1. The lowest BCUT2D eigenvalue weighted by molar-refractivity contribution is 0.183. The van der Waals surface area contributed by atoms with Gasteiger partial charge in [-0.2, -0.15) is 0 Å². The predicted octanol–water partition coefficient (Wildman–Crippen LogP) is 3.29. The Kier molecular flexibility index (Phi) is 4.28. The van der Waals surface area contributed by atoms with E-state index in [9.17, 15) is 0 Å². The van der Waals surface area contributed by atoms with Gasteiger partial charge in [-0.05, 0) is 43.9 Å². The molecular formula is C16H26N2. The lowest BCUT2D eigenvalue weighted by Gasteiger charge is -2.42. The van der Waals surface area contributed by atoms with Gasteiger partial charge < -0.3 is 10.2 Å². The zero-order chi connectivity index (χ0) is 13.0. The molecule has 0 bridgehead atoms. The molecule has 0 amide bonds. The first-order chi connectivity index (χ1) is 8.63. The number of piperidine rings is 1. The number of rotatable bonds is 4. The summed E-state index contributed by atoms with van der Waals surface area (Å²) in [5.74, 6) is 0. The largest absolute Gasteiger partial charge is 0.370 e. The first-order valence-electron chi connectivity index (χ1n) is 7.17. The van der Waals surface area contributed by atoms with E-state index >= 15 is 0 Å². The summed E-state index contributed by atoms with van der Waals surface area (Å²) in [7, 11) is 0. The maximum absolute atomic E-state index is 3.70. The van der Waals surface area contributed by atoms with E-state index < -0.39 is 0 Å². The predicted molar refractivity (Wildman–Crippen MR) is 79.1 cm³/mol. The van der Waals surface area contributed by atoms with E-state index in [2.05, 4.69) is 61.3 Å². The van der Waals surface area contributed by atoms with E-state index in [0.29, 0.717) is 11.5 Å². The molecule has 2 heteroatoms. The molecule has 18 heavy (non-hydrogen) atoms. The Hall–Kier alpha value is -1.02. The van der Waals surface area contributed by atoms with Crippen molar-refractivity contribution in [2.45, 2.75) is 39.7 Å². The molecule has 1 heterocycles. The first-order valence-corrected chi connectivity index (χ1v) is 7.17. The average molecular weight is 246 g/mol. The monoisotopic (exact) mass is 246 g/mol. The Labute approximate surface area is 111 Å². The molecule has 0 saturated carbocycles. The van der Waals surface area contributed by atoms with Gasteiger partial charge in [0.05, 0.1) is 0 Å². The van der Waals surface area contributed by atoms with Gasteiger partial charge in [0.25, 0.3) is 0 Å². The Bertz CT molecular complexity index is 359. The van der Waals surface area contributed by atoms with Gasteiger partial charge in [0.15, 0.2) is 0 Å². The molecule has 0 aromatic heterocycles. The fourth-order valence-electron chi connectivity index (χ4n) is 2.86. The van der Waals surface area contributed by atoms with Gasteiger partial charge in [0.1, 0.15) is 0 Å². The number of nitrogens with one attached hydrogen (secondary N) is 1. The summed E-state index contributed by atoms with van der Waals surface area (Å²) in [5.41, 5.74) is 1.74. The van der Waals surface area contributed by atoms with Gasteiger partial charge in [-0.1, -0.05) is 32.0 Å². The van der Waals surface area contributed by atoms with Crippen LogP contribution in [-0.4, -0.2) is 25.7 Å². The highest BCUT2D eigenvalue weighted by molar-refractivity contribution is 5.46. The van der Waals surface area contributed by atoms with Crippen LogP contribution >= 0.6 is 0 Å². The first kappa shape index (κ1) is 13.4. The highest BCUT2D eigenvalue weighted by Gasteiger charge is 2.32. The van der Waals surface area contributed by atoms with Gasteiger partial charge >= 0.3 is 0 Å². The van der Waals surface area contributed by atoms with Crippen molar-refractivity contribution in [2.75, 3.05) is 24.5 Å². The molecular weight excluding hydrogens is 220 g/mol. The van der Waals surface area contributed by atoms with Crippen molar-refractivity contribution in [3.8, 4) is 0 Å². The van der Waals surface area contributed by atoms with E-state index in [1.54, 1.807) is 0 Å². The minimum Gasteiger partial charge on any atom is -0.370 e. The van der Waals surface area contributed by atoms with E-state index in [0.717, 1.165) is 13.1 Å². The van der Waals surface area contributed by atoms with E-state index in [-0.39, 0.29) is 0 Å². The van der Waals surface area contributed by atoms with Crippen LogP contribution in [0.15, 0.2) is 30.3 Å². The number of para-hydroxylation sites is 1. The van der Waals surface area contributed by atoms with Crippen molar-refractivity contribution >= 4 is 5.69 Å². The molecule has 1 aliphatic heterocycles. The SMILES string of the molecule is CCN(CC1NCCCC1(C)C)c1ccccc1. The number of nitrogens with zero attached hydrogens (tertiary/aromatic N) is 1. The molecule has 1 atom stereocenters. The Balaban J connectivity index is 2.06. The second-order valence-corrected chi connectivity index (χ2v) is 5.97. The molecule has 1 unspecified atom stereocenters. The van der Waals surface area contributed by atoms with Crippen LogP contribution in [0, 0.1) is 5.41 Å². The second-order valence-electron chi connectivity index (χ2n) is 5.97. The van der Waals surface area contributed by atoms with Crippen LogP contribution in [0.5, 0.6) is 0 Å². The van der Waals surface area contributed by atoms with Gasteiger partial charge in [-0.25, -0.2) is 0 Å². The molecule has 2 rings (SSSR count). The summed E-state index contributed by atoms with van der Waals surface area (Å²) in [6, 6.07) is 11.3. The molecule has 1 saturated heterocycles. The molecule has 1 aromatic rings. The molecule has 0 spiro atoms. The van der Waals surface area contributed by atoms with Crippen molar-refractivity contribution in [3.63, 3.8) is 0 Å². The molecule has 1 N–H and O–H groups in total. The third-order valence-electron chi connectivity index (χ3n) is 4.24. The van der Waals surface area contributed by atoms with Crippen molar-refractivity contribution in [1.82, 2.24) is 5.32 Å². The van der Waals surface area contributed by atoms with Crippen LogP contribution in [0.1, 0.15) is 33.6 Å². The number of hydrogen-bond acceptors (Lipinski definition) is 2. The normalized spacial score (nSPS) is 22.7. The van der Waals surface area contributed by atoms with Crippen LogP contribution < -0.4 is 10.2 Å². The van der Waals surface area contributed by atoms with Crippen molar-refractivity contribution in [1.29, 1.82) is 0 Å². The van der Waals surface area contributed by atoms with Crippen LogP contribution in [0.25, 0.3) is 0 Å². The van der Waals surface area contributed by atoms with E-state index in [4.69, 9.17) is 0 Å². The maximum Gasteiger partial charge on any atom is 0.0366 e. The van der Waals surface area contributed by atoms with Crippen LogP contribution in [0.3, 0.4) is 0 Å². The highest BCUT2D eigenvalue weighted by Crippen LogP contribution is 2.31. The van der Waals surface area contributed by atoms with Gasteiger partial charge in [-0.15, -0.1) is 0 Å². The van der Waals surface area contributed by atoms with Crippen LogP contribution in [-0.2, 0) is 0 Å². The summed E-state index contributed by atoms with van der Waals surface area (Å²) in [5, 5.41) is 3.70. The summed E-state index contributed by atoms with van der Waals surface area (Å²) in [4.78, 5) is 2.48. The zero-order valence-electron chi connectivity index (χ0n) is 11.9. The summed E-state index contributed by atoms with van der Waals surface area (Å²) >= 11 is 0. The molecule has 2 nitrogen and oxygen atoms in total. The summed E-state index contributed by atoms with van der Waals surface area (Å²) < 4.78 is 0. The zero-order valence-corrected chi connectivity index (χ0v) is 11.9. The van der Waals surface area contributed by atoms with Gasteiger partial charge in [0, 0.05) is 24.8 Å². The van der Waals surface area contributed by atoms with Gasteiger partial charge in [0.2, 0.25) is 0 Å². The quantitative estimate of drug-likeness (QED) is 0.877. The van der Waals surface area contributed by atoms with Crippen LogP contribution in [0.2, 0.25) is 0 Å². The number of likely N-dealkylation sites (N-methyl/N-ethyl adjacent to an activating group) is 1. The Morgan fingerprint density at radius 2 is 2.00 bits per heavy atom. The number of benzene rings is 1. The van der Waals surface area contributed by atoms with Crippen molar-refractivity contribution in [2.24, 2.45) is 5.41 Å². The third-order valence-corrected chi connectivity index (χ3v) is 4.24. The molecule has 1 aromatic carbocycles. The lowest BCUT2D eigenvalue weighted by atomic mass is 9.77. The minimum absolute atomic E-state index is 0.403. The standard InChI is InChI=1S/C16H26N2/c1-4-18(14-9-6-5-7-10-14)13-15-16(2,3)11-8-12-17-15/h5-7,9-10,15,17H,4,8,11-13H2,1-3H3. The smallest absolute Gasteiger partial charge is 0.0366 e. The Morgan fingerprint density at radius 1 is 1.28 bits per heavy atom. The van der Waals surface area contributed by atoms with Crippen molar-refractivity contribution in [3.05, 3.63) is 30.3 Å². The van der Waals surface area contributed by atoms with E-state index in [1.807, 2.05) is 0 Å². The molecule has 1 aliphatic rings. The fraction of sp³-hybridized carbons (Fsp3) is 0.625. The molecule has 1 fully saturated rings. The molecule has 0 radical (unpaired) electrons. The van der Waals surface area contributed by atoms with Crippen molar-refractivity contribution < 1.29 is 0 Å². The second kappa shape index (κ2) is 5.75.